The Bertz CT molecular complexity index is 1220. The maximum atomic E-state index is 12.7. The number of nitriles is 1. The van der Waals surface area contributed by atoms with E-state index in [1.54, 1.807) is 30.3 Å². The lowest BCUT2D eigenvalue weighted by Crippen LogP contribution is -2.24. The van der Waals surface area contributed by atoms with Crippen molar-refractivity contribution in [1.82, 2.24) is 5.32 Å². The fourth-order valence-electron chi connectivity index (χ4n) is 3.36. The smallest absolute Gasteiger partial charge is 0.275 e. The van der Waals surface area contributed by atoms with Crippen molar-refractivity contribution in [3.63, 3.8) is 0 Å². The van der Waals surface area contributed by atoms with E-state index in [1.165, 1.54) is 7.11 Å². The molecule has 4 rings (SSSR count). The lowest BCUT2D eigenvalue weighted by molar-refractivity contribution is -0.123. The first kappa shape index (κ1) is 19.0. The predicted octanol–water partition coefficient (Wildman–Crippen LogP) is 3.71. The third kappa shape index (κ3) is 3.52. The number of ether oxygens (including phenoxy) is 1. The number of carbonyl (C=O) groups is 2. The Kier molecular flexibility index (Phi) is 5.02. The highest BCUT2D eigenvalue weighted by Gasteiger charge is 2.33. The summed E-state index contributed by atoms with van der Waals surface area (Å²) in [5.74, 6) is -0.577. The molecular formula is C24H17N3O3. The minimum atomic E-state index is -0.537. The fraction of sp³-hybridized carbons (Fsp3) is 0.0417. The standard InChI is InChI=1S/C24H17N3O3/c1-30-20-11-10-17(16-7-3-2-4-8-16)13-19(20)21-22(24(29)27-23(21)28)26-18-9-5-6-15(12-18)14-25/h2-13H,1H3,(H2,26,27,28,29). The predicted molar refractivity (Wildman–Crippen MR) is 113 cm³/mol. The molecule has 6 heteroatoms. The second-order valence-corrected chi connectivity index (χ2v) is 6.63. The molecule has 1 aliphatic rings. The van der Waals surface area contributed by atoms with Crippen LogP contribution in [0.25, 0.3) is 16.7 Å². The zero-order chi connectivity index (χ0) is 21.1. The number of nitrogens with zero attached hydrogens (tertiary/aromatic N) is 1. The van der Waals surface area contributed by atoms with Crippen LogP contribution in [0.1, 0.15) is 11.1 Å². The highest BCUT2D eigenvalue weighted by atomic mass is 16.5. The zero-order valence-corrected chi connectivity index (χ0v) is 16.1. The van der Waals surface area contributed by atoms with Gasteiger partial charge in [-0.2, -0.15) is 5.26 Å². The summed E-state index contributed by atoms with van der Waals surface area (Å²) >= 11 is 0. The van der Waals surface area contributed by atoms with Gasteiger partial charge in [0.1, 0.15) is 11.4 Å². The summed E-state index contributed by atoms with van der Waals surface area (Å²) < 4.78 is 5.47. The normalized spacial score (nSPS) is 13.1. The Morgan fingerprint density at radius 3 is 2.43 bits per heavy atom. The number of benzene rings is 3. The number of methoxy groups -OCH3 is 1. The molecular weight excluding hydrogens is 378 g/mol. The number of imide groups is 1. The Balaban J connectivity index is 1.85. The number of nitrogens with one attached hydrogen (secondary N) is 2. The van der Waals surface area contributed by atoms with Crippen molar-refractivity contribution in [3.05, 3.63) is 89.6 Å². The third-order valence-corrected chi connectivity index (χ3v) is 4.77. The number of rotatable bonds is 5. The minimum absolute atomic E-state index is 0.110. The highest BCUT2D eigenvalue weighted by molar-refractivity contribution is 6.37. The molecule has 0 atom stereocenters. The number of amides is 2. The quantitative estimate of drug-likeness (QED) is 0.643. The van der Waals surface area contributed by atoms with Gasteiger partial charge < -0.3 is 10.1 Å². The monoisotopic (exact) mass is 395 g/mol. The minimum Gasteiger partial charge on any atom is -0.496 e. The maximum Gasteiger partial charge on any atom is 0.275 e. The van der Waals surface area contributed by atoms with E-state index in [1.807, 2.05) is 42.5 Å². The van der Waals surface area contributed by atoms with Crippen molar-refractivity contribution in [2.24, 2.45) is 0 Å². The van der Waals surface area contributed by atoms with Crippen molar-refractivity contribution in [3.8, 4) is 22.9 Å². The average Bonchev–Trinajstić information content (AvgIpc) is 3.06. The van der Waals surface area contributed by atoms with Crippen LogP contribution >= 0.6 is 0 Å². The molecule has 0 aliphatic carbocycles. The average molecular weight is 395 g/mol. The summed E-state index contributed by atoms with van der Waals surface area (Å²) in [5, 5.41) is 14.4. The van der Waals surface area contributed by atoms with Crippen molar-refractivity contribution in [2.45, 2.75) is 0 Å². The lowest BCUT2D eigenvalue weighted by Gasteiger charge is -2.13. The zero-order valence-electron chi connectivity index (χ0n) is 16.1. The molecule has 3 aromatic carbocycles. The summed E-state index contributed by atoms with van der Waals surface area (Å²) in [6.45, 7) is 0. The van der Waals surface area contributed by atoms with Crippen LogP contribution in [0.3, 0.4) is 0 Å². The second-order valence-electron chi connectivity index (χ2n) is 6.63. The van der Waals surface area contributed by atoms with Gasteiger partial charge in [-0.25, -0.2) is 0 Å². The fourth-order valence-corrected chi connectivity index (χ4v) is 3.36. The van der Waals surface area contributed by atoms with Gasteiger partial charge in [-0.15, -0.1) is 0 Å². The van der Waals surface area contributed by atoms with Gasteiger partial charge in [0.2, 0.25) is 0 Å². The largest absolute Gasteiger partial charge is 0.496 e. The molecule has 0 spiro atoms. The third-order valence-electron chi connectivity index (χ3n) is 4.77. The molecule has 0 saturated carbocycles. The van der Waals surface area contributed by atoms with E-state index in [9.17, 15) is 9.59 Å². The SMILES string of the molecule is COc1ccc(-c2ccccc2)cc1C1=C(Nc2cccc(C#N)c2)C(=O)NC1=O. The molecule has 0 aromatic heterocycles. The summed E-state index contributed by atoms with van der Waals surface area (Å²) in [6, 6.07) is 24.0. The molecule has 3 aromatic rings. The van der Waals surface area contributed by atoms with Crippen LogP contribution in [0, 0.1) is 11.3 Å². The van der Waals surface area contributed by atoms with Crippen molar-refractivity contribution < 1.29 is 14.3 Å². The molecule has 30 heavy (non-hydrogen) atoms. The number of carbonyl (C=O) groups excluding carboxylic acids is 2. The molecule has 146 valence electrons. The van der Waals surface area contributed by atoms with E-state index in [0.717, 1.165) is 11.1 Å². The van der Waals surface area contributed by atoms with E-state index < -0.39 is 11.8 Å². The van der Waals surface area contributed by atoms with Crippen molar-refractivity contribution >= 4 is 23.1 Å². The van der Waals surface area contributed by atoms with E-state index >= 15 is 0 Å². The van der Waals surface area contributed by atoms with Gasteiger partial charge in [-0.1, -0.05) is 42.5 Å². The maximum absolute atomic E-state index is 12.7. The molecule has 1 aliphatic heterocycles. The Hall–Kier alpha value is -4.37. The van der Waals surface area contributed by atoms with Gasteiger partial charge in [-0.3, -0.25) is 14.9 Å². The van der Waals surface area contributed by atoms with Gasteiger partial charge in [0, 0.05) is 11.3 Å². The van der Waals surface area contributed by atoms with E-state index in [4.69, 9.17) is 10.00 Å². The van der Waals surface area contributed by atoms with Gasteiger partial charge in [0.15, 0.2) is 0 Å². The Morgan fingerprint density at radius 1 is 0.900 bits per heavy atom. The first-order valence-corrected chi connectivity index (χ1v) is 9.21. The van der Waals surface area contributed by atoms with Crippen molar-refractivity contribution in [2.75, 3.05) is 12.4 Å². The number of hydrogen-bond donors (Lipinski definition) is 2. The van der Waals surface area contributed by atoms with Crippen LogP contribution in [0.4, 0.5) is 5.69 Å². The lowest BCUT2D eigenvalue weighted by atomic mass is 9.97. The molecule has 0 radical (unpaired) electrons. The summed E-state index contributed by atoms with van der Waals surface area (Å²) in [7, 11) is 1.51. The number of anilines is 1. The Morgan fingerprint density at radius 2 is 1.70 bits per heavy atom. The highest BCUT2D eigenvalue weighted by Crippen LogP contribution is 2.35. The summed E-state index contributed by atoms with van der Waals surface area (Å²) in [6.07, 6.45) is 0. The molecule has 0 saturated heterocycles. The van der Waals surface area contributed by atoms with E-state index in [-0.39, 0.29) is 11.3 Å². The summed E-state index contributed by atoms with van der Waals surface area (Å²) in [4.78, 5) is 25.2. The topological polar surface area (TPSA) is 91.2 Å². The van der Waals surface area contributed by atoms with Gasteiger partial charge in [0.25, 0.3) is 11.8 Å². The molecule has 0 bridgehead atoms. The van der Waals surface area contributed by atoms with Crippen molar-refractivity contribution in [1.29, 1.82) is 5.26 Å². The second kappa shape index (κ2) is 7.94. The van der Waals surface area contributed by atoms with Crippen LogP contribution in [-0.4, -0.2) is 18.9 Å². The van der Waals surface area contributed by atoms with Gasteiger partial charge >= 0.3 is 0 Å². The van der Waals surface area contributed by atoms with Crippen LogP contribution < -0.4 is 15.4 Å². The first-order valence-electron chi connectivity index (χ1n) is 9.21. The summed E-state index contributed by atoms with van der Waals surface area (Å²) in [5.41, 5.74) is 3.64. The van der Waals surface area contributed by atoms with Crippen LogP contribution in [-0.2, 0) is 9.59 Å². The van der Waals surface area contributed by atoms with E-state index in [0.29, 0.717) is 22.6 Å². The molecule has 0 unspecified atom stereocenters. The molecule has 1 heterocycles. The molecule has 2 amide bonds. The van der Waals surface area contributed by atoms with Gasteiger partial charge in [0.05, 0.1) is 24.3 Å². The van der Waals surface area contributed by atoms with Crippen LogP contribution in [0.2, 0.25) is 0 Å². The molecule has 2 N–H and O–H groups in total. The molecule has 6 nitrogen and oxygen atoms in total. The van der Waals surface area contributed by atoms with Crippen LogP contribution in [0.5, 0.6) is 5.75 Å². The first-order chi connectivity index (χ1) is 14.6. The van der Waals surface area contributed by atoms with E-state index in [2.05, 4.69) is 16.7 Å². The van der Waals surface area contributed by atoms with Crippen LogP contribution in [0.15, 0.2) is 78.5 Å². The Labute approximate surface area is 173 Å². The number of hydrogen-bond acceptors (Lipinski definition) is 5. The molecule has 0 fully saturated rings. The van der Waals surface area contributed by atoms with Gasteiger partial charge in [-0.05, 0) is 41.5 Å².